The number of hydrogen-bond acceptors (Lipinski definition) is 6. The second-order valence-electron chi connectivity index (χ2n) is 11.7. The number of thioether (sulfide) groups is 1. The summed E-state index contributed by atoms with van der Waals surface area (Å²) in [5.74, 6) is -1.31. The van der Waals surface area contributed by atoms with E-state index in [0.717, 1.165) is 32.2 Å². The van der Waals surface area contributed by atoms with Gasteiger partial charge in [-0.05, 0) is 68.0 Å². The average molecular weight is 764 g/mol. The summed E-state index contributed by atoms with van der Waals surface area (Å²) < 4.78 is 0. The molecule has 0 aliphatic carbocycles. The van der Waals surface area contributed by atoms with E-state index in [4.69, 9.17) is 28.2 Å². The fraction of sp³-hybridized carbons (Fsp3) is 0.0732. The van der Waals surface area contributed by atoms with Gasteiger partial charge in [-0.1, -0.05) is 114 Å². The molecule has 0 saturated carbocycles. The second kappa shape index (κ2) is 16.9. The molecule has 7 nitrogen and oxygen atoms in total. The van der Waals surface area contributed by atoms with E-state index in [1.807, 2.05) is 74.5 Å². The Morgan fingerprint density at radius 3 is 2.12 bits per heavy atom. The van der Waals surface area contributed by atoms with E-state index in [9.17, 15) is 14.4 Å². The highest BCUT2D eigenvalue weighted by Gasteiger charge is 2.24. The molecule has 6 rings (SSSR count). The first-order chi connectivity index (χ1) is 25.1. The lowest BCUT2D eigenvalue weighted by molar-refractivity contribution is -0.116. The van der Waals surface area contributed by atoms with Gasteiger partial charge in [0.1, 0.15) is 10.9 Å². The van der Waals surface area contributed by atoms with Crippen LogP contribution in [0.25, 0.3) is 17.3 Å². The van der Waals surface area contributed by atoms with Gasteiger partial charge in [0.15, 0.2) is 5.13 Å². The maximum absolute atomic E-state index is 13.9. The molecule has 1 unspecified atom stereocenters. The van der Waals surface area contributed by atoms with Crippen LogP contribution in [0, 0.1) is 13.8 Å². The molecule has 6 aromatic rings. The Morgan fingerprint density at radius 2 is 1.42 bits per heavy atom. The first-order valence-electron chi connectivity index (χ1n) is 16.1. The molecule has 0 aliphatic heterocycles. The van der Waals surface area contributed by atoms with E-state index >= 15 is 0 Å². The largest absolute Gasteiger partial charge is 0.321 e. The smallest absolute Gasteiger partial charge is 0.272 e. The van der Waals surface area contributed by atoms with Crippen molar-refractivity contribution in [2.24, 2.45) is 0 Å². The maximum Gasteiger partial charge on any atom is 0.272 e. The molecule has 3 N–H and O–H groups in total. The fourth-order valence-electron chi connectivity index (χ4n) is 5.22. The van der Waals surface area contributed by atoms with Gasteiger partial charge in [0.25, 0.3) is 11.8 Å². The molecule has 0 aliphatic rings. The molecule has 1 heterocycles. The summed E-state index contributed by atoms with van der Waals surface area (Å²) in [5.41, 5.74) is 4.92. The van der Waals surface area contributed by atoms with Gasteiger partial charge in [-0.2, -0.15) is 0 Å². The van der Waals surface area contributed by atoms with Crippen LogP contribution in [0.4, 0.5) is 10.8 Å². The Hall–Kier alpha value is -5.19. The SMILES string of the molecule is Cc1ccc(-c2nc(NC(=O)C(Sc3cccc(NC(=O)/C(=C\c4c(Cl)cccc4Cl)NC(=O)c4ccccc4)c3)c3ccccc3)sc2C)cc1. The Kier molecular flexibility index (Phi) is 11.9. The molecule has 0 saturated heterocycles. The van der Waals surface area contributed by atoms with E-state index in [-0.39, 0.29) is 11.6 Å². The first kappa shape index (κ1) is 36.6. The number of nitrogens with zero attached hydrogens (tertiary/aromatic N) is 1. The van der Waals surface area contributed by atoms with Crippen LogP contribution >= 0.6 is 46.3 Å². The molecular weight excluding hydrogens is 732 g/mol. The zero-order valence-corrected chi connectivity index (χ0v) is 31.2. The number of rotatable bonds is 11. The molecule has 0 radical (unpaired) electrons. The van der Waals surface area contributed by atoms with Crippen LogP contribution in [0.3, 0.4) is 0 Å². The summed E-state index contributed by atoms with van der Waals surface area (Å²) in [6.07, 6.45) is 1.44. The number of hydrogen-bond donors (Lipinski definition) is 3. The van der Waals surface area contributed by atoms with Gasteiger partial charge in [0.05, 0.1) is 5.69 Å². The molecule has 0 spiro atoms. The van der Waals surface area contributed by atoms with E-state index in [0.29, 0.717) is 32.0 Å². The van der Waals surface area contributed by atoms with Crippen molar-refractivity contribution < 1.29 is 14.4 Å². The summed E-state index contributed by atoms with van der Waals surface area (Å²) in [4.78, 5) is 47.3. The number of benzene rings is 5. The van der Waals surface area contributed by atoms with E-state index < -0.39 is 17.1 Å². The van der Waals surface area contributed by atoms with Crippen molar-refractivity contribution in [3.8, 4) is 11.3 Å². The van der Waals surface area contributed by atoms with Crippen LogP contribution in [0.1, 0.15) is 37.2 Å². The minimum atomic E-state index is -0.637. The van der Waals surface area contributed by atoms with Gasteiger partial charge in [0.2, 0.25) is 5.91 Å². The molecule has 5 aromatic carbocycles. The maximum atomic E-state index is 13.9. The van der Waals surface area contributed by atoms with E-state index in [1.54, 1.807) is 66.7 Å². The third-order valence-electron chi connectivity index (χ3n) is 7.86. The summed E-state index contributed by atoms with van der Waals surface area (Å²) in [7, 11) is 0. The molecule has 1 aromatic heterocycles. The lowest BCUT2D eigenvalue weighted by Gasteiger charge is -2.17. The molecule has 260 valence electrons. The van der Waals surface area contributed by atoms with Crippen LogP contribution in [-0.2, 0) is 9.59 Å². The van der Waals surface area contributed by atoms with Crippen molar-refractivity contribution in [2.45, 2.75) is 24.0 Å². The number of carbonyl (C=O) groups excluding carboxylic acids is 3. The molecule has 11 heteroatoms. The van der Waals surface area contributed by atoms with Crippen molar-refractivity contribution in [2.75, 3.05) is 10.6 Å². The van der Waals surface area contributed by atoms with Gasteiger partial charge < -0.3 is 16.0 Å². The summed E-state index contributed by atoms with van der Waals surface area (Å²) in [5, 5.41) is 9.13. The van der Waals surface area contributed by atoms with Crippen LogP contribution in [-0.4, -0.2) is 22.7 Å². The lowest BCUT2D eigenvalue weighted by Crippen LogP contribution is -2.30. The number of nitrogens with one attached hydrogen (secondary N) is 3. The van der Waals surface area contributed by atoms with Crippen molar-refractivity contribution >= 4 is 80.9 Å². The van der Waals surface area contributed by atoms with Crippen LogP contribution < -0.4 is 16.0 Å². The number of anilines is 2. The van der Waals surface area contributed by atoms with Crippen molar-refractivity contribution in [1.29, 1.82) is 0 Å². The Labute approximate surface area is 320 Å². The molecule has 0 bridgehead atoms. The highest BCUT2D eigenvalue weighted by atomic mass is 35.5. The number of halogens is 2. The van der Waals surface area contributed by atoms with Crippen molar-refractivity contribution in [3.05, 3.63) is 170 Å². The Balaban J connectivity index is 1.23. The second-order valence-corrected chi connectivity index (χ2v) is 14.9. The van der Waals surface area contributed by atoms with E-state index in [1.165, 1.54) is 29.2 Å². The minimum Gasteiger partial charge on any atom is -0.321 e. The number of amides is 3. The highest BCUT2D eigenvalue weighted by molar-refractivity contribution is 8.00. The van der Waals surface area contributed by atoms with Crippen LogP contribution in [0.15, 0.2) is 138 Å². The quantitative estimate of drug-likeness (QED) is 0.0901. The Bertz CT molecular complexity index is 2240. The van der Waals surface area contributed by atoms with Gasteiger partial charge in [-0.3, -0.25) is 14.4 Å². The lowest BCUT2D eigenvalue weighted by atomic mass is 10.1. The van der Waals surface area contributed by atoms with Crippen LogP contribution in [0.5, 0.6) is 0 Å². The predicted octanol–water partition coefficient (Wildman–Crippen LogP) is 10.6. The zero-order valence-electron chi connectivity index (χ0n) is 28.0. The van der Waals surface area contributed by atoms with Gasteiger partial charge in [0, 0.05) is 42.2 Å². The topological polar surface area (TPSA) is 100 Å². The molecule has 1 atom stereocenters. The summed E-state index contributed by atoms with van der Waals surface area (Å²) in [6.45, 7) is 4.02. The zero-order chi connectivity index (χ0) is 36.6. The minimum absolute atomic E-state index is 0.0628. The summed E-state index contributed by atoms with van der Waals surface area (Å²) >= 11 is 15.6. The third kappa shape index (κ3) is 9.18. The third-order valence-corrected chi connectivity index (χ3v) is 10.6. The number of aromatic nitrogens is 1. The monoisotopic (exact) mass is 762 g/mol. The standard InChI is InChI=1S/C41H32Cl2N4O3S2/c1-25-19-21-27(22-20-25)36-26(2)51-41(46-36)47-40(50)37(28-11-5-3-6-12-28)52-31-16-9-15-30(23-31)44-39(49)35(24-32-33(42)17-10-18-34(32)43)45-38(48)29-13-7-4-8-14-29/h3-24,37H,1-2H3,(H,44,49)(H,45,48)(H,46,47,50)/b35-24+. The summed E-state index contributed by atoms with van der Waals surface area (Å²) in [6, 6.07) is 38.3. The van der Waals surface area contributed by atoms with Gasteiger partial charge in [-0.15, -0.1) is 23.1 Å². The predicted molar refractivity (Wildman–Crippen MR) is 214 cm³/mol. The number of thiazole rings is 1. The fourth-order valence-corrected chi connectivity index (χ4v) is 7.65. The van der Waals surface area contributed by atoms with Crippen molar-refractivity contribution in [3.63, 3.8) is 0 Å². The normalized spacial score (nSPS) is 11.8. The highest BCUT2D eigenvalue weighted by Crippen LogP contribution is 2.38. The number of carbonyl (C=O) groups is 3. The van der Waals surface area contributed by atoms with Crippen LogP contribution in [0.2, 0.25) is 10.0 Å². The average Bonchev–Trinajstić information content (AvgIpc) is 3.51. The number of aryl methyl sites for hydroxylation is 2. The van der Waals surface area contributed by atoms with Gasteiger partial charge in [-0.25, -0.2) is 4.98 Å². The molecule has 0 fully saturated rings. The molecular formula is C41H32Cl2N4O3S2. The molecule has 3 amide bonds. The van der Waals surface area contributed by atoms with Crippen molar-refractivity contribution in [1.82, 2.24) is 10.3 Å². The first-order valence-corrected chi connectivity index (χ1v) is 18.6. The molecule has 52 heavy (non-hydrogen) atoms. The van der Waals surface area contributed by atoms with E-state index in [2.05, 4.69) is 16.0 Å². The Morgan fingerprint density at radius 1 is 0.769 bits per heavy atom. The van der Waals surface area contributed by atoms with Gasteiger partial charge >= 0.3 is 0 Å².